The smallest absolute Gasteiger partial charge is 0.210 e. The normalized spacial score (nSPS) is 18.0. The lowest BCUT2D eigenvalue weighted by Gasteiger charge is -2.36. The highest BCUT2D eigenvalue weighted by atomic mass is 28.4. The molecule has 36 heavy (non-hydrogen) atoms. The minimum absolute atomic E-state index is 0.0986. The Morgan fingerprint density at radius 2 is 1.61 bits per heavy atom. The molecule has 0 fully saturated rings. The predicted molar refractivity (Wildman–Crippen MR) is 143 cm³/mol. The van der Waals surface area contributed by atoms with Crippen LogP contribution in [0.2, 0.25) is 18.1 Å². The molecule has 0 spiro atoms. The van der Waals surface area contributed by atoms with Crippen molar-refractivity contribution in [2.24, 2.45) is 0 Å². The molecule has 1 aliphatic heterocycles. The summed E-state index contributed by atoms with van der Waals surface area (Å²) in [5.74, 6) is 1.12. The molecular weight excluding hydrogens is 474 g/mol. The lowest BCUT2D eigenvalue weighted by atomic mass is 9.97. The highest BCUT2D eigenvalue weighted by Gasteiger charge is 2.44. The fourth-order valence-electron chi connectivity index (χ4n) is 4.79. The van der Waals surface area contributed by atoms with Crippen LogP contribution < -0.4 is 14.2 Å². The number of carbonyl (C=O) groups is 1. The van der Waals surface area contributed by atoms with E-state index in [1.165, 1.54) is 0 Å². The number of hydrogen-bond donors (Lipinski definition) is 1. The van der Waals surface area contributed by atoms with Gasteiger partial charge in [-0.25, -0.2) is 0 Å². The van der Waals surface area contributed by atoms with Gasteiger partial charge in [-0.3, -0.25) is 4.79 Å². The van der Waals surface area contributed by atoms with Gasteiger partial charge in [-0.15, -0.1) is 0 Å². The van der Waals surface area contributed by atoms with Gasteiger partial charge in [-0.2, -0.15) is 0 Å². The van der Waals surface area contributed by atoms with E-state index < -0.39 is 20.5 Å². The molecule has 0 radical (unpaired) electrons. The van der Waals surface area contributed by atoms with Crippen molar-refractivity contribution in [3.05, 3.63) is 53.2 Å². The molecule has 0 saturated heterocycles. The summed E-state index contributed by atoms with van der Waals surface area (Å²) in [6.45, 7) is 11.6. The van der Waals surface area contributed by atoms with Crippen molar-refractivity contribution in [2.45, 2.75) is 57.5 Å². The van der Waals surface area contributed by atoms with Gasteiger partial charge in [0.05, 0.1) is 33.1 Å². The van der Waals surface area contributed by atoms with Crippen molar-refractivity contribution >= 4 is 25.0 Å². The molecular formula is C28H37NO6Si. The average Bonchev–Trinajstić information content (AvgIpc) is 3.29. The highest BCUT2D eigenvalue weighted by Crippen LogP contribution is 2.46. The van der Waals surface area contributed by atoms with Gasteiger partial charge in [0.1, 0.15) is 6.10 Å². The largest absolute Gasteiger partial charge is 0.493 e. The molecule has 194 valence electrons. The molecule has 1 N–H and O–H groups in total. The Balaban J connectivity index is 1.82. The third kappa shape index (κ3) is 4.21. The standard InChI is InChI=1S/C28H37NO6Si/c1-28(2,3)36(7,8)35-14-13-19-18-11-9-10-12-20(18)29-23(25(30)26(31)24(19)29)17-15-21(32-4)27(34-6)22(16-17)33-5/h9-12,15-16,23,25,30H,13-14H2,1-8H3/t23-,25-/m0/s1. The molecule has 4 rings (SSSR count). The zero-order valence-corrected chi connectivity index (χ0v) is 23.5. The van der Waals surface area contributed by atoms with E-state index >= 15 is 0 Å². The quantitative estimate of drug-likeness (QED) is 0.409. The van der Waals surface area contributed by atoms with Gasteiger partial charge in [-0.1, -0.05) is 39.0 Å². The predicted octanol–water partition coefficient (Wildman–Crippen LogP) is 5.38. The molecule has 0 aliphatic carbocycles. The number of ether oxygens (including phenoxy) is 3. The second-order valence-electron chi connectivity index (χ2n) is 10.8. The van der Waals surface area contributed by atoms with Gasteiger partial charge in [0.15, 0.2) is 19.8 Å². The number of aliphatic hydroxyl groups excluding tert-OH is 1. The molecule has 1 aliphatic rings. The Kier molecular flexibility index (Phi) is 6.98. The van der Waals surface area contributed by atoms with Crippen LogP contribution in [0.4, 0.5) is 0 Å². The average molecular weight is 512 g/mol. The first-order chi connectivity index (χ1) is 17.0. The summed E-state index contributed by atoms with van der Waals surface area (Å²) >= 11 is 0. The molecule has 1 aromatic heterocycles. The van der Waals surface area contributed by atoms with E-state index in [0.29, 0.717) is 41.5 Å². The molecule has 2 aromatic carbocycles. The molecule has 0 saturated carbocycles. The van der Waals surface area contributed by atoms with Crippen LogP contribution in [0.1, 0.15) is 48.4 Å². The van der Waals surface area contributed by atoms with Crippen molar-refractivity contribution in [3.8, 4) is 17.2 Å². The Labute approximate surface area is 214 Å². The lowest BCUT2D eigenvalue weighted by molar-refractivity contribution is 0.0739. The number of Topliss-reactive ketones (excluding diaryl/α,β-unsaturated/α-hetero) is 1. The second-order valence-corrected chi connectivity index (χ2v) is 15.6. The van der Waals surface area contributed by atoms with Crippen LogP contribution >= 0.6 is 0 Å². The van der Waals surface area contributed by atoms with Crippen LogP contribution in [0, 0.1) is 0 Å². The van der Waals surface area contributed by atoms with Crippen LogP contribution in [0.5, 0.6) is 17.2 Å². The summed E-state index contributed by atoms with van der Waals surface area (Å²) in [6, 6.07) is 10.9. The number of aromatic nitrogens is 1. The van der Waals surface area contributed by atoms with E-state index in [0.717, 1.165) is 16.5 Å². The Morgan fingerprint density at radius 1 is 1.00 bits per heavy atom. The third-order valence-corrected chi connectivity index (χ3v) is 12.3. The van der Waals surface area contributed by atoms with Crippen LogP contribution in [0.3, 0.4) is 0 Å². The number of carbonyl (C=O) groups excluding carboxylic acids is 1. The van der Waals surface area contributed by atoms with E-state index in [1.54, 1.807) is 33.5 Å². The molecule has 0 bridgehead atoms. The van der Waals surface area contributed by atoms with Gasteiger partial charge < -0.3 is 28.3 Å². The molecule has 3 aromatic rings. The first-order valence-corrected chi connectivity index (χ1v) is 15.2. The third-order valence-electron chi connectivity index (χ3n) is 7.74. The van der Waals surface area contributed by atoms with E-state index in [9.17, 15) is 9.90 Å². The Morgan fingerprint density at radius 3 is 2.17 bits per heavy atom. The fraction of sp³-hybridized carbons (Fsp3) is 0.464. The summed E-state index contributed by atoms with van der Waals surface area (Å²) < 4.78 is 25.0. The van der Waals surface area contributed by atoms with Gasteiger partial charge in [0.25, 0.3) is 0 Å². The van der Waals surface area contributed by atoms with Gasteiger partial charge in [-0.05, 0) is 53.9 Å². The van der Waals surface area contributed by atoms with Gasteiger partial charge in [0.2, 0.25) is 11.5 Å². The zero-order valence-electron chi connectivity index (χ0n) is 22.5. The summed E-state index contributed by atoms with van der Waals surface area (Å²) in [5.41, 5.74) is 3.07. The van der Waals surface area contributed by atoms with E-state index in [1.807, 2.05) is 28.8 Å². The number of aliphatic hydroxyl groups is 1. The number of benzene rings is 2. The maximum absolute atomic E-state index is 13.5. The SMILES string of the molecule is COc1cc([C@H]2[C@H](O)C(=O)c3c(CCO[Si](C)(C)C(C)(C)C)c4ccccc4n32)cc(OC)c1OC. The topological polar surface area (TPSA) is 79.2 Å². The number of rotatable bonds is 8. The summed E-state index contributed by atoms with van der Waals surface area (Å²) in [6.07, 6.45) is -0.636. The number of para-hydroxylation sites is 1. The second kappa shape index (κ2) is 9.57. The van der Waals surface area contributed by atoms with E-state index in [-0.39, 0.29) is 10.8 Å². The lowest BCUT2D eigenvalue weighted by Crippen LogP contribution is -2.41. The fourth-order valence-corrected chi connectivity index (χ4v) is 5.84. The maximum Gasteiger partial charge on any atom is 0.210 e. The summed E-state index contributed by atoms with van der Waals surface area (Å²) in [4.78, 5) is 13.5. The number of fused-ring (bicyclic) bond motifs is 3. The monoisotopic (exact) mass is 511 g/mol. The first kappa shape index (κ1) is 26.3. The number of nitrogens with zero attached hydrogens (tertiary/aromatic N) is 1. The van der Waals surface area contributed by atoms with Crippen molar-refractivity contribution in [1.29, 1.82) is 0 Å². The Hall–Kier alpha value is -2.81. The number of ketones is 1. The van der Waals surface area contributed by atoms with Gasteiger partial charge >= 0.3 is 0 Å². The maximum atomic E-state index is 13.5. The highest BCUT2D eigenvalue weighted by molar-refractivity contribution is 6.74. The van der Waals surface area contributed by atoms with Crippen LogP contribution in [0.25, 0.3) is 10.9 Å². The van der Waals surface area contributed by atoms with Gasteiger partial charge in [0, 0.05) is 17.5 Å². The van der Waals surface area contributed by atoms with Crippen molar-refractivity contribution in [3.63, 3.8) is 0 Å². The van der Waals surface area contributed by atoms with Crippen LogP contribution in [-0.4, -0.2) is 57.8 Å². The van der Waals surface area contributed by atoms with Crippen LogP contribution in [0.15, 0.2) is 36.4 Å². The first-order valence-electron chi connectivity index (χ1n) is 12.2. The minimum atomic E-state index is -1.94. The molecule has 2 heterocycles. The molecule has 8 heteroatoms. The zero-order chi connectivity index (χ0) is 26.4. The Bertz CT molecular complexity index is 1260. The molecule has 0 amide bonds. The van der Waals surface area contributed by atoms with Crippen molar-refractivity contribution in [2.75, 3.05) is 27.9 Å². The molecule has 2 atom stereocenters. The molecule has 0 unspecified atom stereocenters. The number of methoxy groups -OCH3 is 3. The van der Waals surface area contributed by atoms with E-state index in [4.69, 9.17) is 18.6 Å². The minimum Gasteiger partial charge on any atom is -0.493 e. The number of hydrogen-bond acceptors (Lipinski definition) is 6. The summed E-state index contributed by atoms with van der Waals surface area (Å²) in [7, 11) is 2.71. The van der Waals surface area contributed by atoms with Crippen LogP contribution in [-0.2, 0) is 10.8 Å². The summed E-state index contributed by atoms with van der Waals surface area (Å²) in [5, 5.41) is 12.3. The van der Waals surface area contributed by atoms with E-state index in [2.05, 4.69) is 33.9 Å². The molecule has 7 nitrogen and oxygen atoms in total. The van der Waals surface area contributed by atoms with Crippen molar-refractivity contribution in [1.82, 2.24) is 4.57 Å². The van der Waals surface area contributed by atoms with Crippen molar-refractivity contribution < 1.29 is 28.5 Å².